The summed E-state index contributed by atoms with van der Waals surface area (Å²) in [6, 6.07) is 0. The molecule has 0 fully saturated rings. The second-order valence-electron chi connectivity index (χ2n) is 1.69. The fourth-order valence-electron chi connectivity index (χ4n) is 0.639. The van der Waals surface area contributed by atoms with E-state index in [-0.39, 0.29) is 0 Å². The van der Waals surface area contributed by atoms with Crippen LogP contribution in [-0.2, 0) is 0 Å². The summed E-state index contributed by atoms with van der Waals surface area (Å²) in [6.45, 7) is 0. The Labute approximate surface area is 61.4 Å². The first-order chi connectivity index (χ1) is 4.97. The predicted molar refractivity (Wildman–Crippen MR) is 36.4 cm³/mol. The summed E-state index contributed by atoms with van der Waals surface area (Å²) < 4.78 is 4.68. The number of rotatable bonds is 1. The quantitative estimate of drug-likeness (QED) is 0.621. The molecule has 0 saturated carbocycles. The summed E-state index contributed by atoms with van der Waals surface area (Å²) in [6.07, 6.45) is 5.67. The highest BCUT2D eigenvalue weighted by atomic mass is 32.1. The zero-order valence-electron chi connectivity index (χ0n) is 4.94. The topological polar surface area (TPSA) is 38.9 Å². The first-order valence-electron chi connectivity index (χ1n) is 2.67. The number of oxazole rings is 1. The molecule has 0 aliphatic carbocycles. The Morgan fingerprint density at radius 1 is 1.60 bits per heavy atom. The van der Waals surface area contributed by atoms with Crippen LogP contribution in [0.5, 0.6) is 0 Å². The van der Waals surface area contributed by atoms with Gasteiger partial charge in [0.15, 0.2) is 0 Å². The van der Waals surface area contributed by atoms with Crippen LogP contribution in [-0.4, -0.2) is 9.97 Å². The van der Waals surface area contributed by atoms with Gasteiger partial charge in [-0.05, 0) is 0 Å². The maximum Gasteiger partial charge on any atom is 0.284 e. The molecular weight excluding hydrogens is 148 g/mol. The van der Waals surface area contributed by atoms with Crippen molar-refractivity contribution in [1.29, 1.82) is 0 Å². The highest BCUT2D eigenvalue weighted by Crippen LogP contribution is 2.19. The fraction of sp³-hybridized carbons (Fsp3) is 0. The van der Waals surface area contributed by atoms with E-state index in [2.05, 4.69) is 20.8 Å². The van der Waals surface area contributed by atoms with Crippen LogP contribution in [0.1, 0.15) is 0 Å². The molecule has 0 aliphatic heterocycles. The molecule has 0 aliphatic rings. The molecule has 1 radical (unpaired) electrons. The molecule has 2 aromatic heterocycles. The van der Waals surface area contributed by atoms with Crippen molar-refractivity contribution in [2.24, 2.45) is 0 Å². The van der Waals surface area contributed by atoms with Gasteiger partial charge in [-0.3, -0.25) is 4.98 Å². The average Bonchev–Trinajstić information content (AvgIpc) is 2.59. The molecule has 2 heterocycles. The second-order valence-corrected chi connectivity index (χ2v) is 2.58. The van der Waals surface area contributed by atoms with E-state index in [1.54, 1.807) is 18.0 Å². The van der Waals surface area contributed by atoms with E-state index in [4.69, 9.17) is 0 Å². The van der Waals surface area contributed by atoms with Crippen LogP contribution in [0.2, 0.25) is 0 Å². The van der Waals surface area contributed by atoms with Gasteiger partial charge in [0.1, 0.15) is 12.0 Å². The van der Waals surface area contributed by atoms with Gasteiger partial charge >= 0.3 is 0 Å². The van der Waals surface area contributed by atoms with Gasteiger partial charge in [-0.15, -0.1) is 11.3 Å². The lowest BCUT2D eigenvalue weighted by Gasteiger charge is -1.80. The molecule has 10 heavy (non-hydrogen) atoms. The maximum absolute atomic E-state index is 4.68. The van der Waals surface area contributed by atoms with Crippen LogP contribution >= 0.6 is 11.3 Å². The van der Waals surface area contributed by atoms with E-state index < -0.39 is 0 Å². The molecule has 0 amide bonds. The Morgan fingerprint density at radius 2 is 2.60 bits per heavy atom. The minimum Gasteiger partial charge on any atom is -0.440 e. The van der Waals surface area contributed by atoms with E-state index in [0.29, 0.717) is 0 Å². The first-order valence-corrected chi connectivity index (χ1v) is 3.55. The summed E-state index contributed by atoms with van der Waals surface area (Å²) in [4.78, 5) is 8.74. The zero-order chi connectivity index (χ0) is 6.81. The van der Waals surface area contributed by atoms with Gasteiger partial charge < -0.3 is 4.42 Å². The normalized spacial score (nSPS) is 10.0. The molecule has 0 saturated heterocycles. The predicted octanol–water partition coefficient (Wildman–Crippen LogP) is 1.60. The Morgan fingerprint density at radius 3 is 3.20 bits per heavy atom. The third-order valence-electron chi connectivity index (χ3n) is 1.07. The molecule has 0 aromatic carbocycles. The van der Waals surface area contributed by atoms with E-state index >= 15 is 0 Å². The van der Waals surface area contributed by atoms with Crippen molar-refractivity contribution in [1.82, 2.24) is 9.97 Å². The number of nitrogens with zero attached hydrogens (tertiary/aromatic N) is 2. The summed E-state index contributed by atoms with van der Waals surface area (Å²) in [5.74, 6) is 0. The van der Waals surface area contributed by atoms with Gasteiger partial charge in [0.2, 0.25) is 0 Å². The Hall–Kier alpha value is -1.16. The van der Waals surface area contributed by atoms with Crippen LogP contribution in [0.25, 0.3) is 10.6 Å². The lowest BCUT2D eigenvalue weighted by molar-refractivity contribution is 0.548. The van der Waals surface area contributed by atoms with Gasteiger partial charge in [-0.1, -0.05) is 0 Å². The number of hydrogen-bond donors (Lipinski definition) is 0. The van der Waals surface area contributed by atoms with Gasteiger partial charge in [0.05, 0.1) is 10.4 Å². The number of thiazole rings is 1. The van der Waals surface area contributed by atoms with Crippen molar-refractivity contribution in [3.63, 3.8) is 0 Å². The first kappa shape index (κ1) is 5.61. The molecule has 3 nitrogen and oxygen atoms in total. The molecule has 0 unspecified atom stereocenters. The second kappa shape index (κ2) is 2.22. The van der Waals surface area contributed by atoms with Crippen molar-refractivity contribution in [3.05, 3.63) is 24.4 Å². The summed E-state index contributed by atoms with van der Waals surface area (Å²) in [5.41, 5.74) is 2.55. The van der Waals surface area contributed by atoms with Gasteiger partial charge in [0, 0.05) is 6.20 Å². The molecule has 4 heteroatoms. The van der Waals surface area contributed by atoms with Crippen molar-refractivity contribution >= 4 is 11.3 Å². The van der Waals surface area contributed by atoms with Crippen LogP contribution in [0, 0.1) is 6.39 Å². The van der Waals surface area contributed by atoms with Crippen molar-refractivity contribution < 1.29 is 4.42 Å². The maximum atomic E-state index is 4.68. The van der Waals surface area contributed by atoms with Gasteiger partial charge in [0.25, 0.3) is 6.39 Å². The molecule has 0 atom stereocenters. The molecule has 0 spiro atoms. The largest absolute Gasteiger partial charge is 0.440 e. The molecule has 2 rings (SSSR count). The molecule has 2 aromatic rings. The van der Waals surface area contributed by atoms with Crippen LogP contribution < -0.4 is 0 Å². The van der Waals surface area contributed by atoms with Crippen LogP contribution in [0.3, 0.4) is 0 Å². The van der Waals surface area contributed by atoms with Gasteiger partial charge in [-0.25, -0.2) is 4.98 Å². The minimum absolute atomic E-state index is 0.794. The molecule has 49 valence electrons. The summed E-state index contributed by atoms with van der Waals surface area (Å²) in [5, 5.41) is 0. The Balaban J connectivity index is 2.48. The fourth-order valence-corrected chi connectivity index (χ4v) is 1.21. The highest BCUT2D eigenvalue weighted by molar-refractivity contribution is 7.13. The standard InChI is InChI=1S/C6H3N2OS/c1-6(10-4-7-1)5-2-9-3-8-5/h1-2,4H. The van der Waals surface area contributed by atoms with Crippen molar-refractivity contribution in [3.8, 4) is 10.6 Å². The van der Waals surface area contributed by atoms with Crippen molar-refractivity contribution in [2.45, 2.75) is 0 Å². The Kier molecular flexibility index (Phi) is 1.25. The minimum atomic E-state index is 0.794. The highest BCUT2D eigenvalue weighted by Gasteiger charge is 2.00. The van der Waals surface area contributed by atoms with E-state index in [1.807, 2.05) is 0 Å². The van der Waals surface area contributed by atoms with Crippen LogP contribution in [0.15, 0.2) is 22.4 Å². The SMILES string of the molecule is [c]1nc(-c2cncs2)co1. The third-order valence-corrected chi connectivity index (χ3v) is 1.87. The van der Waals surface area contributed by atoms with Gasteiger partial charge in [-0.2, -0.15) is 0 Å². The zero-order valence-corrected chi connectivity index (χ0v) is 5.76. The molecule has 0 bridgehead atoms. The smallest absolute Gasteiger partial charge is 0.284 e. The Bertz CT molecular complexity index is 255. The van der Waals surface area contributed by atoms with Crippen molar-refractivity contribution in [2.75, 3.05) is 0 Å². The summed E-state index contributed by atoms with van der Waals surface area (Å²) >= 11 is 1.53. The van der Waals surface area contributed by atoms with Crippen LogP contribution in [0.4, 0.5) is 0 Å². The van der Waals surface area contributed by atoms with E-state index in [0.717, 1.165) is 10.6 Å². The average molecular weight is 151 g/mol. The molecular formula is C6H3N2OS. The number of hydrogen-bond acceptors (Lipinski definition) is 4. The summed E-state index contributed by atoms with van der Waals surface area (Å²) in [7, 11) is 0. The third kappa shape index (κ3) is 0.823. The molecule has 0 N–H and O–H groups in total. The monoisotopic (exact) mass is 151 g/mol. The van der Waals surface area contributed by atoms with E-state index in [9.17, 15) is 0 Å². The van der Waals surface area contributed by atoms with E-state index in [1.165, 1.54) is 11.3 Å². The lowest BCUT2D eigenvalue weighted by Crippen LogP contribution is -1.66. The lowest BCUT2D eigenvalue weighted by atomic mass is 10.4. The number of aromatic nitrogens is 2.